The fourth-order valence-electron chi connectivity index (χ4n) is 1.72. The lowest BCUT2D eigenvalue weighted by Gasteiger charge is -2.03. The van der Waals surface area contributed by atoms with E-state index in [-0.39, 0.29) is 5.82 Å². The van der Waals surface area contributed by atoms with Gasteiger partial charge in [0.1, 0.15) is 18.0 Å². The van der Waals surface area contributed by atoms with E-state index in [0.717, 1.165) is 6.20 Å². The van der Waals surface area contributed by atoms with Crippen LogP contribution in [0.3, 0.4) is 0 Å². The molecule has 0 aliphatic rings. The number of halogens is 2. The van der Waals surface area contributed by atoms with Gasteiger partial charge in [-0.1, -0.05) is 0 Å². The molecule has 0 radical (unpaired) electrons. The molecule has 0 bridgehead atoms. The van der Waals surface area contributed by atoms with Crippen molar-refractivity contribution in [2.45, 2.75) is 0 Å². The van der Waals surface area contributed by atoms with Crippen molar-refractivity contribution in [3.63, 3.8) is 0 Å². The Morgan fingerprint density at radius 3 is 2.71 bits per heavy atom. The second-order valence-electron chi connectivity index (χ2n) is 3.61. The SMILES string of the molecule is Fc1cncc(-n2cnc3cc(F)ccc32)c1. The lowest BCUT2D eigenvalue weighted by atomic mass is 10.3. The average Bonchev–Trinajstić information content (AvgIpc) is 2.71. The molecule has 0 atom stereocenters. The normalized spacial score (nSPS) is 10.9. The Morgan fingerprint density at radius 2 is 1.88 bits per heavy atom. The van der Waals surface area contributed by atoms with Crippen molar-refractivity contribution >= 4 is 11.0 Å². The molecular formula is C12H7F2N3. The standard InChI is InChI=1S/C12H7F2N3/c13-8-1-2-12-11(4-8)16-7-17(12)10-3-9(14)5-15-6-10/h1-7H. The van der Waals surface area contributed by atoms with Crippen molar-refractivity contribution in [3.8, 4) is 5.69 Å². The van der Waals surface area contributed by atoms with Gasteiger partial charge in [0.2, 0.25) is 0 Å². The molecule has 2 heterocycles. The number of fused-ring (bicyclic) bond motifs is 1. The summed E-state index contributed by atoms with van der Waals surface area (Å²) in [4.78, 5) is 7.83. The summed E-state index contributed by atoms with van der Waals surface area (Å²) in [5.41, 5.74) is 1.78. The van der Waals surface area contributed by atoms with E-state index in [0.29, 0.717) is 16.7 Å². The summed E-state index contributed by atoms with van der Waals surface area (Å²) in [5.74, 6) is -0.772. The Bertz CT molecular complexity index is 691. The molecule has 0 N–H and O–H groups in total. The van der Waals surface area contributed by atoms with Gasteiger partial charge in [0.25, 0.3) is 0 Å². The molecule has 0 fully saturated rings. The van der Waals surface area contributed by atoms with E-state index in [1.807, 2.05) is 0 Å². The van der Waals surface area contributed by atoms with Crippen LogP contribution < -0.4 is 0 Å². The van der Waals surface area contributed by atoms with Crippen molar-refractivity contribution in [1.82, 2.24) is 14.5 Å². The molecule has 17 heavy (non-hydrogen) atoms. The highest BCUT2D eigenvalue weighted by Crippen LogP contribution is 2.18. The Morgan fingerprint density at radius 1 is 1.00 bits per heavy atom. The molecule has 3 rings (SSSR count). The van der Waals surface area contributed by atoms with E-state index in [1.165, 1.54) is 30.7 Å². The third-order valence-electron chi connectivity index (χ3n) is 2.48. The summed E-state index contributed by atoms with van der Waals surface area (Å²) in [6, 6.07) is 5.62. The summed E-state index contributed by atoms with van der Waals surface area (Å²) >= 11 is 0. The fourth-order valence-corrected chi connectivity index (χ4v) is 1.72. The van der Waals surface area contributed by atoms with Crippen LogP contribution in [-0.4, -0.2) is 14.5 Å². The highest BCUT2D eigenvalue weighted by molar-refractivity contribution is 5.77. The van der Waals surface area contributed by atoms with Crippen LogP contribution in [-0.2, 0) is 0 Å². The number of aromatic nitrogens is 3. The van der Waals surface area contributed by atoms with Gasteiger partial charge in [-0.3, -0.25) is 9.55 Å². The lowest BCUT2D eigenvalue weighted by Crippen LogP contribution is -1.93. The first-order valence-corrected chi connectivity index (χ1v) is 4.97. The molecule has 0 aliphatic carbocycles. The van der Waals surface area contributed by atoms with Gasteiger partial charge in [-0.25, -0.2) is 13.8 Å². The average molecular weight is 231 g/mol. The Hall–Kier alpha value is -2.30. The van der Waals surface area contributed by atoms with Crippen LogP contribution >= 0.6 is 0 Å². The first kappa shape index (κ1) is 9.89. The molecule has 3 nitrogen and oxygen atoms in total. The summed E-state index contributed by atoms with van der Waals surface area (Å²) in [6.45, 7) is 0. The zero-order valence-corrected chi connectivity index (χ0v) is 8.64. The van der Waals surface area contributed by atoms with Gasteiger partial charge in [0.05, 0.1) is 29.1 Å². The third kappa shape index (κ3) is 1.65. The summed E-state index contributed by atoms with van der Waals surface area (Å²) in [7, 11) is 0. The highest BCUT2D eigenvalue weighted by Gasteiger charge is 2.06. The number of imidazole rings is 1. The zero-order valence-electron chi connectivity index (χ0n) is 8.64. The van der Waals surface area contributed by atoms with E-state index in [2.05, 4.69) is 9.97 Å². The number of pyridine rings is 1. The van der Waals surface area contributed by atoms with Crippen LogP contribution in [0.25, 0.3) is 16.7 Å². The van der Waals surface area contributed by atoms with Crippen LogP contribution in [0.5, 0.6) is 0 Å². The first-order valence-electron chi connectivity index (χ1n) is 4.97. The fraction of sp³-hybridized carbons (Fsp3) is 0. The maximum absolute atomic E-state index is 13.1. The van der Waals surface area contributed by atoms with Gasteiger partial charge in [-0.05, 0) is 12.1 Å². The number of nitrogens with zero attached hydrogens (tertiary/aromatic N) is 3. The van der Waals surface area contributed by atoms with E-state index < -0.39 is 5.82 Å². The third-order valence-corrected chi connectivity index (χ3v) is 2.48. The second kappa shape index (κ2) is 3.62. The predicted octanol–water partition coefficient (Wildman–Crippen LogP) is 2.70. The molecule has 0 aliphatic heterocycles. The molecule has 3 aromatic rings. The van der Waals surface area contributed by atoms with Gasteiger partial charge < -0.3 is 0 Å². The molecule has 0 saturated carbocycles. The largest absolute Gasteiger partial charge is 0.297 e. The van der Waals surface area contributed by atoms with Crippen molar-refractivity contribution in [3.05, 3.63) is 54.6 Å². The maximum atomic E-state index is 13.1. The van der Waals surface area contributed by atoms with Gasteiger partial charge in [-0.15, -0.1) is 0 Å². The highest BCUT2D eigenvalue weighted by atomic mass is 19.1. The Kier molecular flexibility index (Phi) is 2.11. The van der Waals surface area contributed by atoms with Crippen molar-refractivity contribution < 1.29 is 8.78 Å². The Balaban J connectivity index is 2.24. The number of rotatable bonds is 1. The molecule has 1 aromatic carbocycles. The van der Waals surface area contributed by atoms with Crippen LogP contribution in [0.15, 0.2) is 43.0 Å². The monoisotopic (exact) mass is 231 g/mol. The Labute approximate surface area is 95.4 Å². The van der Waals surface area contributed by atoms with Crippen LogP contribution in [0.2, 0.25) is 0 Å². The quantitative estimate of drug-likeness (QED) is 0.644. The van der Waals surface area contributed by atoms with Gasteiger partial charge in [-0.2, -0.15) is 0 Å². The van der Waals surface area contributed by atoms with E-state index >= 15 is 0 Å². The number of hydrogen-bond donors (Lipinski definition) is 0. The van der Waals surface area contributed by atoms with Crippen LogP contribution in [0.1, 0.15) is 0 Å². The molecule has 2 aromatic heterocycles. The molecule has 0 amide bonds. The summed E-state index contributed by atoms with van der Waals surface area (Å²) < 4.78 is 27.7. The summed E-state index contributed by atoms with van der Waals surface area (Å²) in [5, 5.41) is 0. The molecule has 0 unspecified atom stereocenters. The molecule has 0 spiro atoms. The van der Waals surface area contributed by atoms with Gasteiger partial charge >= 0.3 is 0 Å². The minimum Gasteiger partial charge on any atom is -0.297 e. The summed E-state index contributed by atoms with van der Waals surface area (Å²) in [6.07, 6.45) is 4.16. The molecule has 0 saturated heterocycles. The maximum Gasteiger partial charge on any atom is 0.143 e. The lowest BCUT2D eigenvalue weighted by molar-refractivity contribution is 0.620. The zero-order chi connectivity index (χ0) is 11.8. The van der Waals surface area contributed by atoms with Crippen LogP contribution in [0, 0.1) is 11.6 Å². The molecular weight excluding hydrogens is 224 g/mol. The van der Waals surface area contributed by atoms with Crippen molar-refractivity contribution in [2.24, 2.45) is 0 Å². The van der Waals surface area contributed by atoms with Crippen molar-refractivity contribution in [2.75, 3.05) is 0 Å². The van der Waals surface area contributed by atoms with Gasteiger partial charge in [0, 0.05) is 12.1 Å². The second-order valence-corrected chi connectivity index (χ2v) is 3.61. The topological polar surface area (TPSA) is 30.7 Å². The predicted molar refractivity (Wildman–Crippen MR) is 58.8 cm³/mol. The molecule has 5 heteroatoms. The smallest absolute Gasteiger partial charge is 0.143 e. The molecule has 84 valence electrons. The number of hydrogen-bond acceptors (Lipinski definition) is 2. The minimum atomic E-state index is -0.425. The van der Waals surface area contributed by atoms with Crippen molar-refractivity contribution in [1.29, 1.82) is 0 Å². The van der Waals surface area contributed by atoms with Crippen LogP contribution in [0.4, 0.5) is 8.78 Å². The van der Waals surface area contributed by atoms with E-state index in [4.69, 9.17) is 0 Å². The van der Waals surface area contributed by atoms with E-state index in [1.54, 1.807) is 10.6 Å². The minimum absolute atomic E-state index is 0.347. The van der Waals surface area contributed by atoms with E-state index in [9.17, 15) is 8.78 Å². The first-order chi connectivity index (χ1) is 8.24. The van der Waals surface area contributed by atoms with Gasteiger partial charge in [0.15, 0.2) is 0 Å². The number of benzene rings is 1.